The van der Waals surface area contributed by atoms with Crippen LogP contribution in [0.3, 0.4) is 0 Å². The van der Waals surface area contributed by atoms with E-state index in [1.165, 1.54) is 6.21 Å². The number of hydrazone groups is 1. The Hall–Kier alpha value is -4.38. The quantitative estimate of drug-likeness (QED) is 0.269. The van der Waals surface area contributed by atoms with Crippen molar-refractivity contribution in [3.8, 4) is 11.5 Å². The fourth-order valence-electron chi connectivity index (χ4n) is 3.25. The first-order valence-electron chi connectivity index (χ1n) is 11.8. The first-order chi connectivity index (χ1) is 18.1. The largest absolute Gasteiger partial charge is 0.494 e. The number of hydrogen-bond donors (Lipinski definition) is 2. The molecule has 0 saturated heterocycles. The third-order valence-electron chi connectivity index (χ3n) is 5.11. The number of anilines is 2. The number of amides is 2. The van der Waals surface area contributed by atoms with Crippen LogP contribution in [0.1, 0.15) is 18.1 Å². The summed E-state index contributed by atoms with van der Waals surface area (Å²) in [5, 5.41) is 6.65. The minimum absolute atomic E-state index is 0.150. The van der Waals surface area contributed by atoms with Crippen molar-refractivity contribution in [3.05, 3.63) is 83.9 Å². The fourth-order valence-corrected chi connectivity index (χ4v) is 4.11. The Morgan fingerprint density at radius 2 is 1.50 bits per heavy atom. The van der Waals surface area contributed by atoms with E-state index in [9.17, 15) is 18.0 Å². The van der Waals surface area contributed by atoms with Crippen molar-refractivity contribution in [3.63, 3.8) is 0 Å². The van der Waals surface area contributed by atoms with Crippen LogP contribution in [0.15, 0.2) is 77.9 Å². The number of benzene rings is 3. The highest BCUT2D eigenvalue weighted by Gasteiger charge is 2.20. The lowest BCUT2D eigenvalue weighted by Crippen LogP contribution is -2.39. The lowest BCUT2D eigenvalue weighted by atomic mass is 10.2. The van der Waals surface area contributed by atoms with E-state index < -0.39 is 22.5 Å². The van der Waals surface area contributed by atoms with E-state index in [4.69, 9.17) is 9.47 Å². The highest BCUT2D eigenvalue weighted by Crippen LogP contribution is 2.21. The number of ether oxygens (including phenoxy) is 2. The summed E-state index contributed by atoms with van der Waals surface area (Å²) in [6.45, 7) is 3.70. The number of nitrogens with zero attached hydrogens (tertiary/aromatic N) is 2. The van der Waals surface area contributed by atoms with Gasteiger partial charge in [0, 0.05) is 5.69 Å². The molecule has 3 aromatic carbocycles. The van der Waals surface area contributed by atoms with Crippen molar-refractivity contribution in [1.29, 1.82) is 0 Å². The molecule has 11 heteroatoms. The second-order valence-electron chi connectivity index (χ2n) is 8.26. The molecule has 200 valence electrons. The molecule has 2 N–H and O–H groups in total. The zero-order valence-electron chi connectivity index (χ0n) is 21.4. The van der Waals surface area contributed by atoms with Gasteiger partial charge in [-0.1, -0.05) is 17.7 Å². The number of hydrogen-bond acceptors (Lipinski definition) is 7. The Balaban J connectivity index is 1.49. The Labute approximate surface area is 222 Å². The summed E-state index contributed by atoms with van der Waals surface area (Å²) >= 11 is 0. The minimum atomic E-state index is -3.71. The zero-order valence-corrected chi connectivity index (χ0v) is 22.2. The highest BCUT2D eigenvalue weighted by atomic mass is 32.2. The Morgan fingerprint density at radius 3 is 2.11 bits per heavy atom. The van der Waals surface area contributed by atoms with Gasteiger partial charge in [0.15, 0.2) is 6.61 Å². The van der Waals surface area contributed by atoms with Crippen molar-refractivity contribution in [2.24, 2.45) is 5.10 Å². The normalized spacial score (nSPS) is 11.1. The maximum atomic E-state index is 12.4. The molecule has 0 spiro atoms. The average molecular weight is 539 g/mol. The van der Waals surface area contributed by atoms with Crippen LogP contribution in [0.5, 0.6) is 11.5 Å². The number of aryl methyl sites for hydroxylation is 1. The molecule has 0 unspecified atom stereocenters. The van der Waals surface area contributed by atoms with Gasteiger partial charge >= 0.3 is 0 Å². The van der Waals surface area contributed by atoms with Gasteiger partial charge in [-0.25, -0.2) is 13.8 Å². The lowest BCUT2D eigenvalue weighted by Gasteiger charge is -2.21. The third kappa shape index (κ3) is 8.93. The number of rotatable bonds is 12. The van der Waals surface area contributed by atoms with Gasteiger partial charge in [0.1, 0.15) is 18.0 Å². The molecule has 0 aliphatic carbocycles. The van der Waals surface area contributed by atoms with E-state index in [2.05, 4.69) is 15.8 Å². The molecule has 0 saturated carbocycles. The van der Waals surface area contributed by atoms with Crippen molar-refractivity contribution >= 4 is 39.4 Å². The van der Waals surface area contributed by atoms with Gasteiger partial charge in [-0.05, 0) is 80.1 Å². The lowest BCUT2D eigenvalue weighted by molar-refractivity contribution is -0.119. The van der Waals surface area contributed by atoms with E-state index in [1.54, 1.807) is 48.5 Å². The molecule has 3 aromatic rings. The van der Waals surface area contributed by atoms with E-state index in [-0.39, 0.29) is 12.5 Å². The summed E-state index contributed by atoms with van der Waals surface area (Å²) in [6, 6.07) is 20.6. The molecule has 38 heavy (non-hydrogen) atoms. The SMILES string of the molecule is CCOc1ccc(N(CC(=O)N/N=C\c2ccc(OCC(=O)Nc3ccc(C)cc3)cc2)S(C)(=O)=O)cc1. The predicted molar refractivity (Wildman–Crippen MR) is 147 cm³/mol. The van der Waals surface area contributed by atoms with Gasteiger partial charge < -0.3 is 14.8 Å². The van der Waals surface area contributed by atoms with E-state index in [0.717, 1.165) is 16.1 Å². The van der Waals surface area contributed by atoms with Crippen molar-refractivity contribution in [1.82, 2.24) is 5.43 Å². The number of carbonyl (C=O) groups is 2. The van der Waals surface area contributed by atoms with Crippen LogP contribution in [-0.4, -0.2) is 52.5 Å². The van der Waals surface area contributed by atoms with Gasteiger partial charge in [-0.15, -0.1) is 0 Å². The number of carbonyl (C=O) groups excluding carboxylic acids is 2. The molecule has 0 aromatic heterocycles. The van der Waals surface area contributed by atoms with E-state index in [1.807, 2.05) is 38.1 Å². The Morgan fingerprint density at radius 1 is 0.895 bits per heavy atom. The summed E-state index contributed by atoms with van der Waals surface area (Å²) in [4.78, 5) is 24.4. The maximum absolute atomic E-state index is 12.4. The van der Waals surface area contributed by atoms with Crippen LogP contribution in [0, 0.1) is 6.92 Å². The molecule has 0 heterocycles. The zero-order chi connectivity index (χ0) is 27.5. The fraction of sp³-hybridized carbons (Fsp3) is 0.222. The minimum Gasteiger partial charge on any atom is -0.494 e. The van der Waals surface area contributed by atoms with Gasteiger partial charge in [-0.3, -0.25) is 13.9 Å². The molecule has 0 fully saturated rings. The smallest absolute Gasteiger partial charge is 0.262 e. The molecule has 0 radical (unpaired) electrons. The summed E-state index contributed by atoms with van der Waals surface area (Å²) in [5.74, 6) is 0.195. The second-order valence-corrected chi connectivity index (χ2v) is 10.2. The molecular formula is C27H30N4O6S. The molecule has 3 rings (SSSR count). The van der Waals surface area contributed by atoms with Crippen LogP contribution in [0.2, 0.25) is 0 Å². The first kappa shape index (κ1) is 28.2. The summed E-state index contributed by atoms with van der Waals surface area (Å²) in [6.07, 6.45) is 2.43. The Bertz CT molecular complexity index is 1360. The average Bonchev–Trinajstić information content (AvgIpc) is 2.88. The number of sulfonamides is 1. The van der Waals surface area contributed by atoms with Crippen molar-refractivity contribution in [2.75, 3.05) is 35.6 Å². The van der Waals surface area contributed by atoms with Crippen LogP contribution in [0.25, 0.3) is 0 Å². The van der Waals surface area contributed by atoms with Crippen molar-refractivity contribution in [2.45, 2.75) is 13.8 Å². The van der Waals surface area contributed by atoms with Gasteiger partial charge in [0.25, 0.3) is 11.8 Å². The van der Waals surface area contributed by atoms with Crippen LogP contribution >= 0.6 is 0 Å². The summed E-state index contributed by atoms with van der Waals surface area (Å²) in [7, 11) is -3.71. The van der Waals surface area contributed by atoms with E-state index in [0.29, 0.717) is 35.0 Å². The van der Waals surface area contributed by atoms with Gasteiger partial charge in [0.2, 0.25) is 10.0 Å². The third-order valence-corrected chi connectivity index (χ3v) is 6.25. The van der Waals surface area contributed by atoms with Crippen LogP contribution in [-0.2, 0) is 19.6 Å². The summed E-state index contributed by atoms with van der Waals surface area (Å²) < 4.78 is 36.3. The predicted octanol–water partition coefficient (Wildman–Crippen LogP) is 3.33. The van der Waals surface area contributed by atoms with Gasteiger partial charge in [0.05, 0.1) is 24.8 Å². The van der Waals surface area contributed by atoms with E-state index >= 15 is 0 Å². The van der Waals surface area contributed by atoms with Gasteiger partial charge in [-0.2, -0.15) is 5.10 Å². The molecule has 0 bridgehead atoms. The topological polar surface area (TPSA) is 126 Å². The molecule has 0 atom stereocenters. The van der Waals surface area contributed by atoms with Crippen LogP contribution in [0.4, 0.5) is 11.4 Å². The molecule has 10 nitrogen and oxygen atoms in total. The molecular weight excluding hydrogens is 508 g/mol. The highest BCUT2D eigenvalue weighted by molar-refractivity contribution is 7.92. The summed E-state index contributed by atoms with van der Waals surface area (Å²) in [5.41, 5.74) is 5.11. The molecule has 0 aliphatic heterocycles. The number of nitrogens with one attached hydrogen (secondary N) is 2. The molecule has 0 aliphatic rings. The second kappa shape index (κ2) is 13.2. The standard InChI is InChI=1S/C27H30N4O6S/c1-4-36-24-15-11-23(12-16-24)31(38(3,34)35)18-26(32)30-28-17-21-7-13-25(14-8-21)37-19-27(33)29-22-9-5-20(2)6-10-22/h5-17H,4,18-19H2,1-3H3,(H,29,33)(H,30,32)/b28-17-. The first-order valence-corrected chi connectivity index (χ1v) is 13.6. The molecule has 2 amide bonds. The Kier molecular flexibility index (Phi) is 9.83. The maximum Gasteiger partial charge on any atom is 0.262 e. The van der Waals surface area contributed by atoms with Crippen LogP contribution < -0.4 is 24.5 Å². The van der Waals surface area contributed by atoms with Crippen molar-refractivity contribution < 1.29 is 27.5 Å². The monoisotopic (exact) mass is 538 g/mol.